The number of piperidine rings is 2. The zero-order valence-electron chi connectivity index (χ0n) is 13.8. The van der Waals surface area contributed by atoms with Crippen LogP contribution in [0.25, 0.3) is 0 Å². The van der Waals surface area contributed by atoms with Gasteiger partial charge in [0.15, 0.2) is 0 Å². The first kappa shape index (κ1) is 15.1. The van der Waals surface area contributed by atoms with Gasteiger partial charge in [-0.2, -0.15) is 0 Å². The van der Waals surface area contributed by atoms with Gasteiger partial charge in [0.05, 0.1) is 0 Å². The average Bonchev–Trinajstić information content (AvgIpc) is 2.48. The van der Waals surface area contributed by atoms with Crippen LogP contribution in [0.3, 0.4) is 0 Å². The van der Waals surface area contributed by atoms with Crippen molar-refractivity contribution in [3.63, 3.8) is 0 Å². The van der Waals surface area contributed by atoms with E-state index < -0.39 is 0 Å². The summed E-state index contributed by atoms with van der Waals surface area (Å²) in [5.41, 5.74) is 2.86. The minimum Gasteiger partial charge on any atom is -0.307 e. The molecule has 1 N–H and O–H groups in total. The molecule has 0 spiro atoms. The minimum atomic E-state index is 0.463. The van der Waals surface area contributed by atoms with Crippen molar-refractivity contribution in [2.75, 3.05) is 7.05 Å². The third-order valence-corrected chi connectivity index (χ3v) is 5.71. The Hall–Kier alpha value is -0.860. The van der Waals surface area contributed by atoms with Crippen LogP contribution in [0.1, 0.15) is 63.1 Å². The van der Waals surface area contributed by atoms with Gasteiger partial charge in [0.1, 0.15) is 0 Å². The predicted molar refractivity (Wildman–Crippen MR) is 89.6 cm³/mol. The summed E-state index contributed by atoms with van der Waals surface area (Å²) in [7, 11) is 2.33. The number of fused-ring (bicyclic) bond motifs is 2. The molecule has 1 aromatic carbocycles. The molecule has 0 saturated carbocycles. The van der Waals surface area contributed by atoms with Crippen LogP contribution in [0, 0.1) is 0 Å². The quantitative estimate of drug-likeness (QED) is 0.902. The Bertz CT molecular complexity index is 439. The molecule has 0 aromatic heterocycles. The first-order chi connectivity index (χ1) is 10.2. The van der Waals surface area contributed by atoms with Gasteiger partial charge in [-0.1, -0.05) is 37.6 Å². The number of hydrogen-bond acceptors (Lipinski definition) is 2. The van der Waals surface area contributed by atoms with Crippen molar-refractivity contribution < 1.29 is 0 Å². The standard InChI is InChI=1S/C19H30N2/c1-4-15-8-10-16(11-9-15)14(2)20-17-12-18-6-5-7-19(13-17)21(18)3/h8-11,14,17-20H,4-7,12-13H2,1-3H3. The van der Waals surface area contributed by atoms with Crippen LogP contribution >= 0.6 is 0 Å². The lowest BCUT2D eigenvalue weighted by molar-refractivity contribution is 0.0463. The average molecular weight is 286 g/mol. The van der Waals surface area contributed by atoms with E-state index in [2.05, 4.69) is 55.4 Å². The van der Waals surface area contributed by atoms with Gasteiger partial charge < -0.3 is 10.2 Å². The van der Waals surface area contributed by atoms with E-state index in [-0.39, 0.29) is 0 Å². The summed E-state index contributed by atoms with van der Waals surface area (Å²) in [5, 5.41) is 3.90. The van der Waals surface area contributed by atoms with Gasteiger partial charge in [0.25, 0.3) is 0 Å². The van der Waals surface area contributed by atoms with E-state index >= 15 is 0 Å². The fourth-order valence-corrected chi connectivity index (χ4v) is 4.24. The molecule has 3 rings (SSSR count). The lowest BCUT2D eigenvalue weighted by Gasteiger charge is -2.47. The van der Waals surface area contributed by atoms with Crippen LogP contribution in [0.15, 0.2) is 24.3 Å². The molecule has 3 unspecified atom stereocenters. The zero-order valence-corrected chi connectivity index (χ0v) is 13.8. The number of nitrogens with zero attached hydrogens (tertiary/aromatic N) is 1. The summed E-state index contributed by atoms with van der Waals surface area (Å²) in [6.07, 6.45) is 7.99. The van der Waals surface area contributed by atoms with Gasteiger partial charge in [-0.15, -0.1) is 0 Å². The Kier molecular flexibility index (Phi) is 4.66. The molecular weight excluding hydrogens is 256 g/mol. The molecule has 2 aliphatic heterocycles. The lowest BCUT2D eigenvalue weighted by atomic mass is 9.82. The fourth-order valence-electron chi connectivity index (χ4n) is 4.24. The lowest BCUT2D eigenvalue weighted by Crippen LogP contribution is -2.54. The number of rotatable bonds is 4. The van der Waals surface area contributed by atoms with Gasteiger partial charge in [0, 0.05) is 24.2 Å². The molecule has 21 heavy (non-hydrogen) atoms. The smallest absolute Gasteiger partial charge is 0.0294 e. The molecule has 2 aliphatic rings. The number of benzene rings is 1. The van der Waals surface area contributed by atoms with E-state index in [0.29, 0.717) is 12.1 Å². The highest BCUT2D eigenvalue weighted by atomic mass is 15.2. The molecule has 2 heteroatoms. The van der Waals surface area contributed by atoms with Gasteiger partial charge in [-0.3, -0.25) is 0 Å². The van der Waals surface area contributed by atoms with Crippen molar-refractivity contribution in [1.82, 2.24) is 10.2 Å². The maximum absolute atomic E-state index is 3.90. The molecule has 2 fully saturated rings. The fraction of sp³-hybridized carbons (Fsp3) is 0.684. The second-order valence-corrected chi connectivity index (χ2v) is 7.06. The maximum Gasteiger partial charge on any atom is 0.0294 e. The number of nitrogens with one attached hydrogen (secondary N) is 1. The second-order valence-electron chi connectivity index (χ2n) is 7.06. The van der Waals surface area contributed by atoms with E-state index in [9.17, 15) is 0 Å². The Labute approximate surface area is 129 Å². The van der Waals surface area contributed by atoms with Crippen LogP contribution in [-0.4, -0.2) is 30.1 Å². The molecule has 2 saturated heterocycles. The van der Waals surface area contributed by atoms with Crippen molar-refractivity contribution in [1.29, 1.82) is 0 Å². The summed E-state index contributed by atoms with van der Waals surface area (Å²) in [4.78, 5) is 2.64. The molecule has 1 aromatic rings. The van der Waals surface area contributed by atoms with Crippen molar-refractivity contribution in [3.05, 3.63) is 35.4 Å². The van der Waals surface area contributed by atoms with E-state index in [4.69, 9.17) is 0 Å². The van der Waals surface area contributed by atoms with Gasteiger partial charge in [-0.05, 0) is 57.2 Å². The van der Waals surface area contributed by atoms with Gasteiger partial charge in [-0.25, -0.2) is 0 Å². The Morgan fingerprint density at radius 1 is 1.14 bits per heavy atom. The highest BCUT2D eigenvalue weighted by molar-refractivity contribution is 5.24. The van der Waals surface area contributed by atoms with Crippen LogP contribution in [0.4, 0.5) is 0 Å². The molecule has 116 valence electrons. The van der Waals surface area contributed by atoms with Crippen molar-refractivity contribution >= 4 is 0 Å². The summed E-state index contributed by atoms with van der Waals surface area (Å²) < 4.78 is 0. The highest BCUT2D eigenvalue weighted by Gasteiger charge is 2.36. The molecule has 2 bridgehead atoms. The molecule has 0 aliphatic carbocycles. The number of hydrogen-bond donors (Lipinski definition) is 1. The van der Waals surface area contributed by atoms with Crippen LogP contribution < -0.4 is 5.32 Å². The largest absolute Gasteiger partial charge is 0.307 e. The topological polar surface area (TPSA) is 15.3 Å². The normalized spacial score (nSPS) is 31.1. The van der Waals surface area contributed by atoms with E-state index in [1.165, 1.54) is 43.2 Å². The van der Waals surface area contributed by atoms with Crippen molar-refractivity contribution in [2.24, 2.45) is 0 Å². The predicted octanol–water partition coefficient (Wildman–Crippen LogP) is 3.91. The zero-order chi connectivity index (χ0) is 14.8. The van der Waals surface area contributed by atoms with Gasteiger partial charge in [0.2, 0.25) is 0 Å². The summed E-state index contributed by atoms with van der Waals surface area (Å²) in [6.45, 7) is 4.53. The molecule has 0 amide bonds. The SMILES string of the molecule is CCc1ccc(C(C)NC2CC3CCCC(C2)N3C)cc1. The second kappa shape index (κ2) is 6.50. The van der Waals surface area contributed by atoms with Crippen molar-refractivity contribution in [2.45, 2.75) is 76.5 Å². The highest BCUT2D eigenvalue weighted by Crippen LogP contribution is 2.33. The molecule has 2 heterocycles. The summed E-state index contributed by atoms with van der Waals surface area (Å²) in [6, 6.07) is 11.9. The van der Waals surface area contributed by atoms with Crippen molar-refractivity contribution in [3.8, 4) is 0 Å². The van der Waals surface area contributed by atoms with Crippen LogP contribution in [0.2, 0.25) is 0 Å². The molecular formula is C19H30N2. The monoisotopic (exact) mass is 286 g/mol. The van der Waals surface area contributed by atoms with Crippen LogP contribution in [-0.2, 0) is 6.42 Å². The maximum atomic E-state index is 3.90. The molecule has 0 radical (unpaired) electrons. The Morgan fingerprint density at radius 2 is 1.76 bits per heavy atom. The minimum absolute atomic E-state index is 0.463. The van der Waals surface area contributed by atoms with E-state index in [1.807, 2.05) is 0 Å². The van der Waals surface area contributed by atoms with E-state index in [1.54, 1.807) is 0 Å². The Balaban J connectivity index is 1.60. The Morgan fingerprint density at radius 3 is 2.33 bits per heavy atom. The third kappa shape index (κ3) is 3.32. The number of aryl methyl sites for hydroxylation is 1. The summed E-state index contributed by atoms with van der Waals surface area (Å²) in [5.74, 6) is 0. The van der Waals surface area contributed by atoms with Gasteiger partial charge >= 0.3 is 0 Å². The van der Waals surface area contributed by atoms with E-state index in [0.717, 1.165) is 18.5 Å². The third-order valence-electron chi connectivity index (χ3n) is 5.71. The molecule has 2 nitrogen and oxygen atoms in total. The summed E-state index contributed by atoms with van der Waals surface area (Å²) >= 11 is 0. The first-order valence-corrected chi connectivity index (χ1v) is 8.74. The van der Waals surface area contributed by atoms with Crippen LogP contribution in [0.5, 0.6) is 0 Å². The molecule has 3 atom stereocenters. The first-order valence-electron chi connectivity index (χ1n) is 8.74.